The normalized spacial score (nSPS) is 17.0. The van der Waals surface area contributed by atoms with Crippen LogP contribution in [-0.4, -0.2) is 38.9 Å². The van der Waals surface area contributed by atoms with Crippen LogP contribution in [0.15, 0.2) is 48.5 Å². The van der Waals surface area contributed by atoms with Crippen LogP contribution in [0.2, 0.25) is 5.02 Å². The second-order valence-corrected chi connectivity index (χ2v) is 7.45. The quantitative estimate of drug-likeness (QED) is 0.742. The number of carbonyl (C=O) groups excluding carboxylic acids is 1. The average molecular weight is 404 g/mol. The van der Waals surface area contributed by atoms with E-state index in [1.165, 1.54) is 0 Å². The molecule has 0 aliphatic carbocycles. The maximum Gasteiger partial charge on any atom is 0.235 e. The molecule has 5 nitrogen and oxygen atoms in total. The molecule has 1 amide bonds. The number of amides is 1. The van der Waals surface area contributed by atoms with Gasteiger partial charge in [0.2, 0.25) is 5.91 Å². The van der Waals surface area contributed by atoms with Gasteiger partial charge in [-0.3, -0.25) is 4.79 Å². The predicted molar refractivity (Wildman–Crippen MR) is 110 cm³/mol. The number of methoxy groups -OCH3 is 1. The Morgan fingerprint density at radius 3 is 2.57 bits per heavy atom. The number of halogens is 1. The Hall–Kier alpha value is -2.08. The monoisotopic (exact) mass is 403 g/mol. The highest BCUT2D eigenvalue weighted by Crippen LogP contribution is 2.37. The van der Waals surface area contributed by atoms with Crippen molar-refractivity contribution in [1.82, 2.24) is 0 Å². The molecule has 1 heterocycles. The second-order valence-electron chi connectivity index (χ2n) is 7.04. The molecule has 150 valence electrons. The summed E-state index contributed by atoms with van der Waals surface area (Å²) in [5, 5.41) is 3.48. The lowest BCUT2D eigenvalue weighted by atomic mass is 9.73. The van der Waals surface area contributed by atoms with E-state index in [1.807, 2.05) is 37.3 Å². The molecule has 1 aliphatic heterocycles. The van der Waals surface area contributed by atoms with E-state index in [0.29, 0.717) is 49.1 Å². The number of benzene rings is 2. The molecule has 1 aliphatic rings. The maximum absolute atomic E-state index is 13.3. The van der Waals surface area contributed by atoms with E-state index in [2.05, 4.69) is 5.32 Å². The lowest BCUT2D eigenvalue weighted by Crippen LogP contribution is -2.44. The number of ether oxygens (including phenoxy) is 3. The van der Waals surface area contributed by atoms with Crippen LogP contribution in [-0.2, 0) is 19.7 Å². The largest absolute Gasteiger partial charge is 0.487 e. The third-order valence-electron chi connectivity index (χ3n) is 5.03. The molecule has 0 aromatic heterocycles. The molecule has 2 aromatic carbocycles. The van der Waals surface area contributed by atoms with Gasteiger partial charge >= 0.3 is 0 Å². The molecule has 1 fully saturated rings. The number of rotatable bonds is 7. The van der Waals surface area contributed by atoms with Gasteiger partial charge in [0, 0.05) is 26.0 Å². The molecule has 2 aromatic rings. The fourth-order valence-corrected chi connectivity index (χ4v) is 3.76. The first kappa shape index (κ1) is 20.6. The molecular formula is C22H26ClNO4. The van der Waals surface area contributed by atoms with Gasteiger partial charge in [0.25, 0.3) is 0 Å². The SMILES string of the molecule is COCC(C)Oc1ccc(NC(=O)C2(c3ccccc3)CCOCC2)cc1Cl. The van der Waals surface area contributed by atoms with Gasteiger partial charge in [-0.15, -0.1) is 0 Å². The van der Waals surface area contributed by atoms with Gasteiger partial charge in [0.05, 0.1) is 17.0 Å². The fraction of sp³-hybridized carbons (Fsp3) is 0.409. The van der Waals surface area contributed by atoms with Crippen molar-refractivity contribution in [3.05, 3.63) is 59.1 Å². The Morgan fingerprint density at radius 1 is 1.21 bits per heavy atom. The zero-order valence-corrected chi connectivity index (χ0v) is 17.0. The molecule has 0 saturated carbocycles. The second kappa shape index (κ2) is 9.41. The van der Waals surface area contributed by atoms with Crippen molar-refractivity contribution >= 4 is 23.2 Å². The van der Waals surface area contributed by atoms with Gasteiger partial charge in [-0.2, -0.15) is 0 Å². The number of nitrogens with one attached hydrogen (secondary N) is 1. The highest BCUT2D eigenvalue weighted by Gasteiger charge is 2.41. The van der Waals surface area contributed by atoms with Gasteiger partial charge in [0.1, 0.15) is 11.9 Å². The molecule has 0 spiro atoms. The van der Waals surface area contributed by atoms with Gasteiger partial charge in [-0.05, 0) is 43.5 Å². The van der Waals surface area contributed by atoms with Crippen molar-refractivity contribution in [2.75, 3.05) is 32.2 Å². The average Bonchev–Trinajstić information content (AvgIpc) is 2.71. The lowest BCUT2D eigenvalue weighted by molar-refractivity contribution is -0.125. The van der Waals surface area contributed by atoms with Gasteiger partial charge in [0.15, 0.2) is 0 Å². The van der Waals surface area contributed by atoms with Gasteiger partial charge in [-0.1, -0.05) is 41.9 Å². The van der Waals surface area contributed by atoms with Crippen LogP contribution in [0.1, 0.15) is 25.3 Å². The summed E-state index contributed by atoms with van der Waals surface area (Å²) in [5.41, 5.74) is 1.05. The van der Waals surface area contributed by atoms with Crippen molar-refractivity contribution in [3.8, 4) is 5.75 Å². The molecule has 0 radical (unpaired) electrons. The minimum atomic E-state index is -0.603. The molecule has 3 rings (SSSR count). The fourth-order valence-electron chi connectivity index (χ4n) is 3.53. The Bertz CT molecular complexity index is 790. The van der Waals surface area contributed by atoms with Crippen molar-refractivity contribution in [1.29, 1.82) is 0 Å². The Balaban J connectivity index is 1.78. The van der Waals surface area contributed by atoms with E-state index in [-0.39, 0.29) is 12.0 Å². The summed E-state index contributed by atoms with van der Waals surface area (Å²) in [6.07, 6.45) is 1.17. The first-order chi connectivity index (χ1) is 13.5. The molecule has 1 atom stereocenters. The molecule has 1 saturated heterocycles. The summed E-state index contributed by atoms with van der Waals surface area (Å²) in [6, 6.07) is 15.2. The first-order valence-electron chi connectivity index (χ1n) is 9.45. The van der Waals surface area contributed by atoms with E-state index in [0.717, 1.165) is 5.56 Å². The number of hydrogen-bond donors (Lipinski definition) is 1. The lowest BCUT2D eigenvalue weighted by Gasteiger charge is -2.36. The third-order valence-corrected chi connectivity index (χ3v) is 5.32. The van der Waals surface area contributed by atoms with Crippen molar-refractivity contribution in [2.24, 2.45) is 0 Å². The Kier molecular flexibility index (Phi) is 6.94. The molecular weight excluding hydrogens is 378 g/mol. The maximum atomic E-state index is 13.3. The molecule has 1 N–H and O–H groups in total. The van der Waals surface area contributed by atoms with Crippen LogP contribution in [0.3, 0.4) is 0 Å². The van der Waals surface area contributed by atoms with E-state index >= 15 is 0 Å². The van der Waals surface area contributed by atoms with Crippen molar-refractivity contribution < 1.29 is 19.0 Å². The highest BCUT2D eigenvalue weighted by atomic mass is 35.5. The Labute approximate surface area is 170 Å². The molecule has 28 heavy (non-hydrogen) atoms. The molecule has 0 bridgehead atoms. The van der Waals surface area contributed by atoms with Crippen LogP contribution in [0.4, 0.5) is 5.69 Å². The highest BCUT2D eigenvalue weighted by molar-refractivity contribution is 6.32. The van der Waals surface area contributed by atoms with Crippen LogP contribution in [0, 0.1) is 0 Å². The van der Waals surface area contributed by atoms with Gasteiger partial charge in [-0.25, -0.2) is 0 Å². The summed E-state index contributed by atoms with van der Waals surface area (Å²) in [4.78, 5) is 13.3. The van der Waals surface area contributed by atoms with Crippen LogP contribution in [0.25, 0.3) is 0 Å². The summed E-state index contributed by atoms with van der Waals surface area (Å²) < 4.78 is 16.4. The minimum Gasteiger partial charge on any atom is -0.487 e. The standard InChI is InChI=1S/C22H26ClNO4/c1-16(15-26-2)28-20-9-8-18(14-19(20)23)24-21(25)22(10-12-27-13-11-22)17-6-4-3-5-7-17/h3-9,14,16H,10-13,15H2,1-2H3,(H,24,25). The zero-order valence-electron chi connectivity index (χ0n) is 16.2. The number of hydrogen-bond acceptors (Lipinski definition) is 4. The zero-order chi connectivity index (χ0) is 20.0. The number of carbonyl (C=O) groups is 1. The summed E-state index contributed by atoms with van der Waals surface area (Å²) in [6.45, 7) is 3.50. The smallest absolute Gasteiger partial charge is 0.235 e. The number of anilines is 1. The predicted octanol–water partition coefficient (Wildman–Crippen LogP) is 4.44. The summed E-state index contributed by atoms with van der Waals surface area (Å²) in [5.74, 6) is 0.521. The summed E-state index contributed by atoms with van der Waals surface area (Å²) >= 11 is 6.36. The van der Waals surface area contributed by atoms with E-state index < -0.39 is 5.41 Å². The molecule has 6 heteroatoms. The van der Waals surface area contributed by atoms with Crippen LogP contribution in [0.5, 0.6) is 5.75 Å². The summed E-state index contributed by atoms with van der Waals surface area (Å²) in [7, 11) is 1.62. The Morgan fingerprint density at radius 2 is 1.93 bits per heavy atom. The third kappa shape index (κ3) is 4.66. The van der Waals surface area contributed by atoms with Crippen LogP contribution >= 0.6 is 11.6 Å². The van der Waals surface area contributed by atoms with E-state index in [4.69, 9.17) is 25.8 Å². The van der Waals surface area contributed by atoms with Gasteiger partial charge < -0.3 is 19.5 Å². The van der Waals surface area contributed by atoms with E-state index in [1.54, 1.807) is 25.3 Å². The minimum absolute atomic E-state index is 0.0421. The van der Waals surface area contributed by atoms with Crippen LogP contribution < -0.4 is 10.1 Å². The first-order valence-corrected chi connectivity index (χ1v) is 9.83. The molecule has 1 unspecified atom stereocenters. The van der Waals surface area contributed by atoms with E-state index in [9.17, 15) is 4.79 Å². The van der Waals surface area contributed by atoms with Crippen molar-refractivity contribution in [3.63, 3.8) is 0 Å². The topological polar surface area (TPSA) is 56.8 Å². The van der Waals surface area contributed by atoms with Crippen molar-refractivity contribution in [2.45, 2.75) is 31.3 Å².